The summed E-state index contributed by atoms with van der Waals surface area (Å²) in [6.45, 7) is 2.16. The lowest BCUT2D eigenvalue weighted by atomic mass is 10.1. The van der Waals surface area contributed by atoms with Crippen LogP contribution >= 0.6 is 58.2 Å². The molecule has 0 aliphatic rings. The third kappa shape index (κ3) is 5.70. The van der Waals surface area contributed by atoms with Crippen LogP contribution in [0.5, 0.6) is 0 Å². The van der Waals surface area contributed by atoms with E-state index in [1.54, 1.807) is 34.9 Å². The minimum Gasteiger partial charge on any atom is -0.345 e. The van der Waals surface area contributed by atoms with Crippen molar-refractivity contribution in [1.29, 1.82) is 0 Å². The van der Waals surface area contributed by atoms with Gasteiger partial charge >= 0.3 is 0 Å². The lowest BCUT2D eigenvalue weighted by Gasteiger charge is -2.13. The van der Waals surface area contributed by atoms with Gasteiger partial charge in [0.25, 0.3) is 5.91 Å². The largest absolute Gasteiger partial charge is 0.345 e. The van der Waals surface area contributed by atoms with Crippen molar-refractivity contribution in [2.24, 2.45) is 0 Å². The van der Waals surface area contributed by atoms with Crippen LogP contribution in [0.2, 0.25) is 20.1 Å². The van der Waals surface area contributed by atoms with Crippen LogP contribution in [0.3, 0.4) is 0 Å². The Morgan fingerprint density at radius 2 is 1.68 bits per heavy atom. The van der Waals surface area contributed by atoms with Gasteiger partial charge in [0.2, 0.25) is 0 Å². The highest BCUT2D eigenvalue weighted by Crippen LogP contribution is 2.31. The van der Waals surface area contributed by atoms with E-state index in [0.717, 1.165) is 0 Å². The van der Waals surface area contributed by atoms with E-state index < -0.39 is 0 Å². The summed E-state index contributed by atoms with van der Waals surface area (Å²) in [5.41, 5.74) is 3.31. The monoisotopic (exact) mass is 550 g/mol. The Labute approximate surface area is 221 Å². The van der Waals surface area contributed by atoms with Gasteiger partial charge in [-0.15, -0.1) is 10.2 Å². The molecule has 0 aliphatic carbocycles. The van der Waals surface area contributed by atoms with Crippen molar-refractivity contribution in [1.82, 2.24) is 20.1 Å². The molecule has 174 valence electrons. The van der Waals surface area contributed by atoms with E-state index in [-0.39, 0.29) is 17.5 Å². The molecule has 1 N–H and O–H groups in total. The van der Waals surface area contributed by atoms with E-state index in [1.165, 1.54) is 29.0 Å². The van der Waals surface area contributed by atoms with Gasteiger partial charge < -0.3 is 5.32 Å². The van der Waals surface area contributed by atoms with Gasteiger partial charge in [-0.1, -0.05) is 82.4 Å². The van der Waals surface area contributed by atoms with Gasteiger partial charge in [0.1, 0.15) is 0 Å². The number of amides is 1. The zero-order valence-corrected chi connectivity index (χ0v) is 21.7. The number of carbonyl (C=O) groups is 1. The van der Waals surface area contributed by atoms with E-state index in [4.69, 9.17) is 46.4 Å². The zero-order valence-electron chi connectivity index (χ0n) is 17.9. The molecular weight excluding hydrogens is 534 g/mol. The van der Waals surface area contributed by atoms with Crippen molar-refractivity contribution >= 4 is 64.1 Å². The topological polar surface area (TPSA) is 59.8 Å². The van der Waals surface area contributed by atoms with Crippen LogP contribution in [0.4, 0.5) is 0 Å². The van der Waals surface area contributed by atoms with Crippen LogP contribution in [0.15, 0.2) is 65.8 Å². The third-order valence-corrected chi connectivity index (χ3v) is 7.13. The van der Waals surface area contributed by atoms with Crippen molar-refractivity contribution in [3.63, 3.8) is 0 Å². The second-order valence-corrected chi connectivity index (χ2v) is 9.98. The lowest BCUT2D eigenvalue weighted by Crippen LogP contribution is -2.25. The fourth-order valence-electron chi connectivity index (χ4n) is 3.25. The highest BCUT2D eigenvalue weighted by atomic mass is 35.5. The Morgan fingerprint density at radius 3 is 2.44 bits per heavy atom. The molecule has 1 heterocycles. The summed E-state index contributed by atoms with van der Waals surface area (Å²) < 4.78 is 1.81. The molecule has 0 bridgehead atoms. The second-order valence-electron chi connectivity index (χ2n) is 7.35. The first kappa shape index (κ1) is 24.9. The Kier molecular flexibility index (Phi) is 8.06. The fraction of sp³-hybridized carbons (Fsp3) is 0.125. The molecule has 4 aromatic rings. The molecular formula is C24H18Cl4N4OS. The number of thioether (sulfide) groups is 1. The maximum atomic E-state index is 12.7. The summed E-state index contributed by atoms with van der Waals surface area (Å²) in [6, 6.07) is 18.0. The number of hydrogen-bond donors (Lipinski definition) is 1. The molecule has 0 spiro atoms. The molecule has 3 aromatic carbocycles. The number of benzene rings is 3. The summed E-state index contributed by atoms with van der Waals surface area (Å²) in [7, 11) is 0. The summed E-state index contributed by atoms with van der Waals surface area (Å²) in [6.07, 6.45) is 0. The van der Waals surface area contributed by atoms with Gasteiger partial charge in [0.05, 0.1) is 27.8 Å². The van der Waals surface area contributed by atoms with E-state index in [9.17, 15) is 4.79 Å². The second kappa shape index (κ2) is 11.0. The number of aryl methyl sites for hydroxylation is 1. The predicted molar refractivity (Wildman–Crippen MR) is 140 cm³/mol. The molecule has 0 radical (unpaired) electrons. The Bertz CT molecular complexity index is 1360. The first-order valence-corrected chi connectivity index (χ1v) is 12.6. The average Bonchev–Trinajstić information content (AvgIpc) is 3.21. The standard InChI is InChI=1S/C24H18Cl4N4OS/c1-14-4-2-3-5-15(14)13-34-24-31-30-22(32(24)21-11-17(26)7-9-19(21)27)12-29-23(33)18-8-6-16(25)10-20(18)28/h2-11H,12-13H2,1H3,(H,29,33). The summed E-state index contributed by atoms with van der Waals surface area (Å²) in [5, 5.41) is 13.9. The molecule has 5 nitrogen and oxygen atoms in total. The van der Waals surface area contributed by atoms with Crippen LogP contribution in [0.1, 0.15) is 27.3 Å². The van der Waals surface area contributed by atoms with Gasteiger partial charge in [-0.25, -0.2) is 0 Å². The highest BCUT2D eigenvalue weighted by Gasteiger charge is 2.19. The molecule has 1 amide bonds. The molecule has 0 atom stereocenters. The van der Waals surface area contributed by atoms with Crippen LogP contribution in [-0.4, -0.2) is 20.7 Å². The molecule has 10 heteroatoms. The van der Waals surface area contributed by atoms with Gasteiger partial charge in [0, 0.05) is 15.8 Å². The van der Waals surface area contributed by atoms with Gasteiger partial charge in [-0.2, -0.15) is 0 Å². The molecule has 0 unspecified atom stereocenters. The van der Waals surface area contributed by atoms with Crippen LogP contribution in [0.25, 0.3) is 5.69 Å². The minimum atomic E-state index is -0.359. The quantitative estimate of drug-likeness (QED) is 0.243. The van der Waals surface area contributed by atoms with Crippen LogP contribution in [0, 0.1) is 6.92 Å². The molecule has 0 aliphatic heterocycles. The highest BCUT2D eigenvalue weighted by molar-refractivity contribution is 7.98. The molecule has 0 fully saturated rings. The molecule has 4 rings (SSSR count). The number of rotatable bonds is 7. The van der Waals surface area contributed by atoms with Gasteiger partial charge in [-0.3, -0.25) is 9.36 Å². The van der Waals surface area contributed by atoms with Crippen LogP contribution in [-0.2, 0) is 12.3 Å². The van der Waals surface area contributed by atoms with Crippen LogP contribution < -0.4 is 5.32 Å². The summed E-state index contributed by atoms with van der Waals surface area (Å²) >= 11 is 26.4. The van der Waals surface area contributed by atoms with E-state index >= 15 is 0 Å². The molecule has 0 saturated heterocycles. The maximum Gasteiger partial charge on any atom is 0.253 e. The van der Waals surface area contributed by atoms with Gasteiger partial charge in [-0.05, 0) is 54.4 Å². The van der Waals surface area contributed by atoms with Crippen molar-refractivity contribution in [2.75, 3.05) is 0 Å². The normalized spacial score (nSPS) is 11.0. The van der Waals surface area contributed by atoms with E-state index in [1.807, 2.05) is 12.1 Å². The maximum absolute atomic E-state index is 12.7. The molecule has 1 aromatic heterocycles. The van der Waals surface area contributed by atoms with Crippen molar-refractivity contribution < 1.29 is 4.79 Å². The number of aromatic nitrogens is 3. The summed E-state index contributed by atoms with van der Waals surface area (Å²) in [4.78, 5) is 12.7. The smallest absolute Gasteiger partial charge is 0.253 e. The first-order chi connectivity index (χ1) is 16.3. The number of hydrogen-bond acceptors (Lipinski definition) is 4. The Hall–Kier alpha value is -2.22. The number of carbonyl (C=O) groups excluding carboxylic acids is 1. The average molecular weight is 552 g/mol. The number of halogens is 4. The first-order valence-electron chi connectivity index (χ1n) is 10.1. The zero-order chi connectivity index (χ0) is 24.2. The molecule has 34 heavy (non-hydrogen) atoms. The number of nitrogens with one attached hydrogen (secondary N) is 1. The SMILES string of the molecule is Cc1ccccc1CSc1nnc(CNC(=O)c2ccc(Cl)cc2Cl)n1-c1cc(Cl)ccc1Cl. The van der Waals surface area contributed by atoms with E-state index in [0.29, 0.717) is 43.1 Å². The number of nitrogens with zero attached hydrogens (tertiary/aromatic N) is 3. The van der Waals surface area contributed by atoms with Crippen molar-refractivity contribution in [3.8, 4) is 5.69 Å². The van der Waals surface area contributed by atoms with Crippen molar-refractivity contribution in [3.05, 3.63) is 103 Å². The lowest BCUT2D eigenvalue weighted by molar-refractivity contribution is 0.0950. The third-order valence-electron chi connectivity index (χ3n) is 5.05. The Balaban J connectivity index is 1.63. The fourth-order valence-corrected chi connectivity index (χ4v) is 5.15. The van der Waals surface area contributed by atoms with Crippen molar-refractivity contribution in [2.45, 2.75) is 24.4 Å². The summed E-state index contributed by atoms with van der Waals surface area (Å²) in [5.74, 6) is 0.827. The minimum absolute atomic E-state index is 0.0958. The Morgan fingerprint density at radius 1 is 0.941 bits per heavy atom. The predicted octanol–water partition coefficient (Wildman–Crippen LogP) is 7.41. The molecule has 0 saturated carbocycles. The van der Waals surface area contributed by atoms with Gasteiger partial charge in [0.15, 0.2) is 11.0 Å². The van der Waals surface area contributed by atoms with E-state index in [2.05, 4.69) is 34.6 Å².